The largest absolute Gasteiger partial charge is 0.374 e. The molecule has 4 nitrogen and oxygen atoms in total. The Kier molecular flexibility index (Phi) is 4.16. The van der Waals surface area contributed by atoms with Crippen molar-refractivity contribution in [1.82, 2.24) is 10.2 Å². The van der Waals surface area contributed by atoms with Crippen LogP contribution in [0.2, 0.25) is 0 Å². The molecule has 1 heterocycles. The Labute approximate surface area is 87.4 Å². The second-order valence-corrected chi connectivity index (χ2v) is 4.52. The molecule has 14 heavy (non-hydrogen) atoms. The number of carbonyl (C=O) groups excluding carboxylic acids is 1. The fourth-order valence-electron chi connectivity index (χ4n) is 1.31. The average molecular weight is 214 g/mol. The minimum absolute atomic E-state index is 0.0702. The number of rotatable bonds is 4. The summed E-state index contributed by atoms with van der Waals surface area (Å²) in [5.41, 5.74) is 0.828. The van der Waals surface area contributed by atoms with E-state index >= 15 is 0 Å². The van der Waals surface area contributed by atoms with E-state index in [1.54, 1.807) is 20.2 Å². The van der Waals surface area contributed by atoms with E-state index in [9.17, 15) is 4.79 Å². The number of nitrogens with zero attached hydrogens (tertiary/aromatic N) is 1. The third-order valence-electron chi connectivity index (χ3n) is 1.85. The molecule has 2 atom stereocenters. The number of methoxy groups -OCH3 is 1. The molecule has 0 aliphatic carbocycles. The highest BCUT2D eigenvalue weighted by Gasteiger charge is 2.22. The van der Waals surface area contributed by atoms with Gasteiger partial charge in [0, 0.05) is 25.5 Å². The molecule has 1 aromatic rings. The molecule has 1 rings (SSSR count). The van der Waals surface area contributed by atoms with Gasteiger partial charge >= 0.3 is 0 Å². The maximum absolute atomic E-state index is 10.9. The highest BCUT2D eigenvalue weighted by atomic mass is 32.2. The highest BCUT2D eigenvalue weighted by Crippen LogP contribution is 2.27. The van der Waals surface area contributed by atoms with Gasteiger partial charge in [-0.25, -0.2) is 0 Å². The Bertz CT molecular complexity index is 287. The van der Waals surface area contributed by atoms with Gasteiger partial charge in [0.05, 0.1) is 5.69 Å². The van der Waals surface area contributed by atoms with Crippen LogP contribution in [0.4, 0.5) is 0 Å². The fraction of sp³-hybridized carbons (Fsp3) is 0.556. The number of H-pyrrole nitrogens is 1. The molecule has 0 bridgehead atoms. The van der Waals surface area contributed by atoms with Gasteiger partial charge in [0.1, 0.15) is 6.10 Å². The SMILES string of the molecule is CO[C@H](c1cc[nH]n1)C(C)SC(C)=O. The van der Waals surface area contributed by atoms with Gasteiger partial charge in [-0.15, -0.1) is 0 Å². The molecule has 0 aliphatic heterocycles. The van der Waals surface area contributed by atoms with Crippen molar-refractivity contribution in [3.8, 4) is 0 Å². The first-order valence-electron chi connectivity index (χ1n) is 4.35. The lowest BCUT2D eigenvalue weighted by molar-refractivity contribution is -0.109. The lowest BCUT2D eigenvalue weighted by Crippen LogP contribution is -2.15. The topological polar surface area (TPSA) is 55.0 Å². The predicted molar refractivity (Wildman–Crippen MR) is 56.1 cm³/mol. The van der Waals surface area contributed by atoms with Crippen molar-refractivity contribution in [3.63, 3.8) is 0 Å². The Hall–Kier alpha value is -0.810. The summed E-state index contributed by atoms with van der Waals surface area (Å²) in [6.07, 6.45) is 1.60. The van der Waals surface area contributed by atoms with E-state index in [0.29, 0.717) is 0 Å². The summed E-state index contributed by atoms with van der Waals surface area (Å²) in [7, 11) is 1.62. The number of hydrogen-bond donors (Lipinski definition) is 1. The van der Waals surface area contributed by atoms with Crippen LogP contribution >= 0.6 is 11.8 Å². The summed E-state index contributed by atoms with van der Waals surface area (Å²) in [5, 5.41) is 6.93. The Morgan fingerprint density at radius 3 is 2.86 bits per heavy atom. The van der Waals surface area contributed by atoms with E-state index in [2.05, 4.69) is 10.2 Å². The maximum atomic E-state index is 10.9. The molecule has 0 spiro atoms. The zero-order valence-corrected chi connectivity index (χ0v) is 9.30. The minimum atomic E-state index is -0.143. The number of aromatic nitrogens is 2. The van der Waals surface area contributed by atoms with Crippen LogP contribution in [0.25, 0.3) is 0 Å². The molecule has 0 fully saturated rings. The minimum Gasteiger partial charge on any atom is -0.374 e. The summed E-state index contributed by atoms with van der Waals surface area (Å²) in [5.74, 6) is 0. The smallest absolute Gasteiger partial charge is 0.186 e. The van der Waals surface area contributed by atoms with Crippen LogP contribution in [0.3, 0.4) is 0 Å². The number of nitrogens with one attached hydrogen (secondary N) is 1. The quantitative estimate of drug-likeness (QED) is 0.829. The Balaban J connectivity index is 2.67. The second kappa shape index (κ2) is 5.17. The van der Waals surface area contributed by atoms with Crippen molar-refractivity contribution in [2.24, 2.45) is 0 Å². The lowest BCUT2D eigenvalue weighted by atomic mass is 10.2. The molecular formula is C9H14N2O2S. The van der Waals surface area contributed by atoms with Gasteiger partial charge in [0.25, 0.3) is 0 Å². The van der Waals surface area contributed by atoms with Crippen LogP contribution in [-0.2, 0) is 9.53 Å². The molecule has 1 aromatic heterocycles. The number of carbonyl (C=O) groups is 1. The zero-order valence-electron chi connectivity index (χ0n) is 8.48. The number of thioether (sulfide) groups is 1. The number of aromatic amines is 1. The van der Waals surface area contributed by atoms with Gasteiger partial charge in [-0.3, -0.25) is 9.89 Å². The molecule has 5 heteroatoms. The second-order valence-electron chi connectivity index (χ2n) is 2.97. The summed E-state index contributed by atoms with van der Waals surface area (Å²) >= 11 is 1.27. The van der Waals surface area contributed by atoms with E-state index in [-0.39, 0.29) is 16.5 Å². The van der Waals surface area contributed by atoms with E-state index in [4.69, 9.17) is 4.74 Å². The lowest BCUT2D eigenvalue weighted by Gasteiger charge is -2.18. The molecule has 0 saturated carbocycles. The van der Waals surface area contributed by atoms with Crippen LogP contribution < -0.4 is 0 Å². The molecular weight excluding hydrogens is 200 g/mol. The molecule has 0 saturated heterocycles. The van der Waals surface area contributed by atoms with Crippen molar-refractivity contribution in [1.29, 1.82) is 0 Å². The Morgan fingerprint density at radius 1 is 1.71 bits per heavy atom. The van der Waals surface area contributed by atoms with Crippen LogP contribution in [0.5, 0.6) is 0 Å². The van der Waals surface area contributed by atoms with Crippen molar-refractivity contribution >= 4 is 16.9 Å². The van der Waals surface area contributed by atoms with Gasteiger partial charge in [0.15, 0.2) is 5.12 Å². The van der Waals surface area contributed by atoms with Crippen molar-refractivity contribution in [2.75, 3.05) is 7.11 Å². The maximum Gasteiger partial charge on any atom is 0.186 e. The molecule has 0 radical (unpaired) electrons. The molecule has 1 unspecified atom stereocenters. The van der Waals surface area contributed by atoms with Crippen molar-refractivity contribution in [2.45, 2.75) is 25.2 Å². The third kappa shape index (κ3) is 2.85. The Morgan fingerprint density at radius 2 is 2.43 bits per heavy atom. The summed E-state index contributed by atoms with van der Waals surface area (Å²) in [4.78, 5) is 10.9. The zero-order chi connectivity index (χ0) is 10.6. The highest BCUT2D eigenvalue weighted by molar-refractivity contribution is 8.14. The van der Waals surface area contributed by atoms with Gasteiger partial charge in [0.2, 0.25) is 0 Å². The van der Waals surface area contributed by atoms with Gasteiger partial charge in [-0.05, 0) is 13.0 Å². The molecule has 0 aliphatic rings. The van der Waals surface area contributed by atoms with Crippen LogP contribution in [-0.4, -0.2) is 27.7 Å². The third-order valence-corrected chi connectivity index (χ3v) is 2.80. The number of hydrogen-bond acceptors (Lipinski definition) is 4. The summed E-state index contributed by atoms with van der Waals surface area (Å²) in [6.45, 7) is 3.51. The van der Waals surface area contributed by atoms with E-state index < -0.39 is 0 Å². The summed E-state index contributed by atoms with van der Waals surface area (Å²) < 4.78 is 5.30. The average Bonchev–Trinajstić information content (AvgIpc) is 2.57. The fourth-order valence-corrected chi connectivity index (χ4v) is 2.20. The van der Waals surface area contributed by atoms with Crippen molar-refractivity contribution < 1.29 is 9.53 Å². The van der Waals surface area contributed by atoms with E-state index in [0.717, 1.165) is 5.69 Å². The van der Waals surface area contributed by atoms with Gasteiger partial charge in [-0.1, -0.05) is 11.8 Å². The monoisotopic (exact) mass is 214 g/mol. The molecule has 0 aromatic carbocycles. The molecule has 0 amide bonds. The van der Waals surface area contributed by atoms with E-state index in [1.807, 2.05) is 13.0 Å². The normalized spacial score (nSPS) is 15.1. The predicted octanol–water partition coefficient (Wildman–Crippen LogP) is 1.77. The van der Waals surface area contributed by atoms with Crippen molar-refractivity contribution in [3.05, 3.63) is 18.0 Å². The van der Waals surface area contributed by atoms with Crippen LogP contribution in [0.1, 0.15) is 25.6 Å². The first kappa shape index (κ1) is 11.3. The van der Waals surface area contributed by atoms with E-state index in [1.165, 1.54) is 11.8 Å². The van der Waals surface area contributed by atoms with Crippen LogP contribution in [0.15, 0.2) is 12.3 Å². The summed E-state index contributed by atoms with van der Waals surface area (Å²) in [6, 6.07) is 1.85. The van der Waals surface area contributed by atoms with Crippen LogP contribution in [0, 0.1) is 0 Å². The number of ether oxygens (including phenoxy) is 1. The standard InChI is InChI=1S/C9H14N2O2S/c1-6(14-7(2)12)9(13-3)8-4-5-10-11-8/h4-6,9H,1-3H3,(H,10,11)/t6?,9-/m0/s1. The molecule has 1 N–H and O–H groups in total. The van der Waals surface area contributed by atoms with Gasteiger partial charge < -0.3 is 4.74 Å². The first-order valence-corrected chi connectivity index (χ1v) is 5.22. The first-order chi connectivity index (χ1) is 6.65. The van der Waals surface area contributed by atoms with Gasteiger partial charge in [-0.2, -0.15) is 5.10 Å². The molecule has 78 valence electrons.